The quantitative estimate of drug-likeness (QED) is 0.162. The van der Waals surface area contributed by atoms with Crippen molar-refractivity contribution in [3.05, 3.63) is 54.1 Å². The van der Waals surface area contributed by atoms with Gasteiger partial charge in [-0.15, -0.1) is 0 Å². The van der Waals surface area contributed by atoms with E-state index in [2.05, 4.69) is 20.7 Å². The molecule has 5 atom stereocenters. The standard InChI is InChI=1S/C36H50N4O12S/c1-36(2,14-7-8-15-37-32(42)19-38-34(43)47-3)22-40(53(45,46)25-11-12-29-30(18-25)51-23-50-29)20-28(41)27(17-24-9-5-4-6-10-24)39-35(44)52-31-21-49-33-26(31)13-16-48-33/h4-6,9-12,18,26-28,31,33,41H,7-8,13-17,19-23H2,1-3H3,(H,37,42)(H,38,43)(H,39,44)/t26-,27-,28+,31-,33+/m0/s1. The minimum Gasteiger partial charge on any atom is -0.454 e. The molecule has 0 aliphatic carbocycles. The SMILES string of the molecule is COC(=O)NCC(=O)NCCCCC(C)(C)CN(C[C@@H](O)[C@H](Cc1ccccc1)NC(=O)O[C@H]1CO[C@H]2OCC[C@H]21)S(=O)(=O)c1ccc2c(c1)OCO2. The number of carbonyl (C=O) groups excluding carboxylic acids is 3. The number of nitrogens with one attached hydrogen (secondary N) is 3. The number of methoxy groups -OCH3 is 1. The topological polar surface area (TPSA) is 200 Å². The van der Waals surface area contributed by atoms with Gasteiger partial charge in [0.15, 0.2) is 17.8 Å². The molecule has 0 spiro atoms. The van der Waals surface area contributed by atoms with E-state index in [1.54, 1.807) is 0 Å². The molecule has 3 aliphatic heterocycles. The van der Waals surface area contributed by atoms with Gasteiger partial charge in [0.2, 0.25) is 22.7 Å². The maximum atomic E-state index is 14.4. The summed E-state index contributed by atoms with van der Waals surface area (Å²) in [7, 11) is -3.01. The van der Waals surface area contributed by atoms with Crippen LogP contribution in [0.1, 0.15) is 45.1 Å². The van der Waals surface area contributed by atoms with E-state index in [1.807, 2.05) is 44.2 Å². The van der Waals surface area contributed by atoms with Gasteiger partial charge < -0.3 is 49.5 Å². The summed E-state index contributed by atoms with van der Waals surface area (Å²) >= 11 is 0. The molecule has 3 aliphatic rings. The third-order valence-corrected chi connectivity index (χ3v) is 11.3. The van der Waals surface area contributed by atoms with Gasteiger partial charge in [0.25, 0.3) is 0 Å². The van der Waals surface area contributed by atoms with Crippen LogP contribution in [-0.4, -0.2) is 114 Å². The monoisotopic (exact) mass is 762 g/mol. The Labute approximate surface area is 309 Å². The van der Waals surface area contributed by atoms with Gasteiger partial charge in [-0.25, -0.2) is 18.0 Å². The first-order chi connectivity index (χ1) is 25.3. The number of aliphatic hydroxyl groups is 1. The Morgan fingerprint density at radius 3 is 2.57 bits per heavy atom. The highest BCUT2D eigenvalue weighted by Crippen LogP contribution is 2.36. The van der Waals surface area contributed by atoms with Gasteiger partial charge in [-0.1, -0.05) is 50.6 Å². The summed E-state index contributed by atoms with van der Waals surface area (Å²) in [5.74, 6) is 0.285. The Kier molecular flexibility index (Phi) is 13.8. The van der Waals surface area contributed by atoms with Crippen molar-refractivity contribution < 1.29 is 56.3 Å². The summed E-state index contributed by atoms with van der Waals surface area (Å²) in [5.41, 5.74) is 0.243. The van der Waals surface area contributed by atoms with E-state index in [4.69, 9.17) is 23.7 Å². The number of amides is 3. The summed E-state index contributed by atoms with van der Waals surface area (Å²) in [6.07, 6.45) is -0.971. The second kappa shape index (κ2) is 18.2. The van der Waals surface area contributed by atoms with E-state index in [1.165, 1.54) is 29.6 Å². The number of sulfonamides is 1. The van der Waals surface area contributed by atoms with Crippen molar-refractivity contribution in [3.63, 3.8) is 0 Å². The van der Waals surface area contributed by atoms with Crippen molar-refractivity contribution in [2.45, 2.75) is 75.4 Å². The van der Waals surface area contributed by atoms with Crippen molar-refractivity contribution >= 4 is 28.1 Å². The molecule has 53 heavy (non-hydrogen) atoms. The molecule has 0 radical (unpaired) electrons. The number of hydrogen-bond acceptors (Lipinski definition) is 12. The molecule has 16 nitrogen and oxygen atoms in total. The van der Waals surface area contributed by atoms with Crippen LogP contribution in [0.15, 0.2) is 53.4 Å². The van der Waals surface area contributed by atoms with E-state index in [0.29, 0.717) is 50.3 Å². The largest absolute Gasteiger partial charge is 0.454 e. The van der Waals surface area contributed by atoms with Crippen molar-refractivity contribution in [2.75, 3.05) is 53.3 Å². The average molecular weight is 763 g/mol. The average Bonchev–Trinajstić information content (AvgIpc) is 3.89. The molecule has 2 aromatic rings. The van der Waals surface area contributed by atoms with E-state index in [0.717, 1.165) is 5.56 Å². The Morgan fingerprint density at radius 1 is 1.02 bits per heavy atom. The van der Waals surface area contributed by atoms with Crippen LogP contribution >= 0.6 is 0 Å². The summed E-state index contributed by atoms with van der Waals surface area (Å²) < 4.78 is 62.2. The molecule has 2 fully saturated rings. The lowest BCUT2D eigenvalue weighted by molar-refractivity contribution is -0.120. The zero-order valence-electron chi connectivity index (χ0n) is 30.3. The second-order valence-electron chi connectivity index (χ2n) is 14.1. The number of nitrogens with zero attached hydrogens (tertiary/aromatic N) is 1. The van der Waals surface area contributed by atoms with Crippen LogP contribution in [0.2, 0.25) is 0 Å². The van der Waals surface area contributed by atoms with Gasteiger partial charge in [-0.2, -0.15) is 4.31 Å². The van der Waals surface area contributed by atoms with Gasteiger partial charge >= 0.3 is 12.2 Å². The first kappa shape index (κ1) is 40.0. The van der Waals surface area contributed by atoms with Crippen LogP contribution in [0.4, 0.5) is 9.59 Å². The molecule has 0 unspecified atom stereocenters. The van der Waals surface area contributed by atoms with Crippen molar-refractivity contribution in [1.82, 2.24) is 20.3 Å². The fourth-order valence-electron chi connectivity index (χ4n) is 6.59. The van der Waals surface area contributed by atoms with Crippen LogP contribution in [0.3, 0.4) is 0 Å². The summed E-state index contributed by atoms with van der Waals surface area (Å²) in [5, 5.41) is 19.7. The highest BCUT2D eigenvalue weighted by Gasteiger charge is 2.44. The van der Waals surface area contributed by atoms with Gasteiger partial charge in [-0.3, -0.25) is 4.79 Å². The lowest BCUT2D eigenvalue weighted by Crippen LogP contribution is -2.52. The first-order valence-electron chi connectivity index (χ1n) is 17.8. The predicted molar refractivity (Wildman–Crippen MR) is 190 cm³/mol. The van der Waals surface area contributed by atoms with E-state index >= 15 is 0 Å². The fourth-order valence-corrected chi connectivity index (χ4v) is 8.25. The summed E-state index contributed by atoms with van der Waals surface area (Å²) in [6.45, 7) is 4.39. The molecule has 2 aromatic carbocycles. The highest BCUT2D eigenvalue weighted by molar-refractivity contribution is 7.89. The maximum Gasteiger partial charge on any atom is 0.407 e. The number of carbonyl (C=O) groups is 3. The van der Waals surface area contributed by atoms with Crippen LogP contribution in [0.25, 0.3) is 0 Å². The Balaban J connectivity index is 1.29. The van der Waals surface area contributed by atoms with Gasteiger partial charge in [-0.05, 0) is 48.8 Å². The summed E-state index contributed by atoms with van der Waals surface area (Å²) in [4.78, 5) is 36.5. The fraction of sp³-hybridized carbons (Fsp3) is 0.583. The van der Waals surface area contributed by atoms with E-state index in [9.17, 15) is 27.9 Å². The minimum atomic E-state index is -4.21. The number of benzene rings is 2. The Hall–Kier alpha value is -4.16. The van der Waals surface area contributed by atoms with Gasteiger partial charge in [0, 0.05) is 25.7 Å². The number of unbranched alkanes of at least 4 members (excludes halogenated alkanes) is 1. The van der Waals surface area contributed by atoms with E-state index < -0.39 is 52.2 Å². The molecule has 292 valence electrons. The molecular weight excluding hydrogens is 712 g/mol. The molecule has 3 amide bonds. The molecule has 4 N–H and O–H groups in total. The number of aliphatic hydroxyl groups excluding tert-OH is 1. The van der Waals surface area contributed by atoms with Crippen molar-refractivity contribution in [1.29, 1.82) is 0 Å². The molecule has 0 aromatic heterocycles. The van der Waals surface area contributed by atoms with Crippen LogP contribution in [-0.2, 0) is 40.2 Å². The Morgan fingerprint density at radius 2 is 1.79 bits per heavy atom. The lowest BCUT2D eigenvalue weighted by atomic mass is 9.87. The molecule has 17 heteroatoms. The van der Waals surface area contributed by atoms with Crippen molar-refractivity contribution in [3.8, 4) is 11.5 Å². The van der Waals surface area contributed by atoms with Crippen LogP contribution < -0.4 is 25.4 Å². The molecule has 2 saturated heterocycles. The number of hydrogen-bond donors (Lipinski definition) is 4. The lowest BCUT2D eigenvalue weighted by Gasteiger charge is -2.35. The normalized spacial score (nSPS) is 20.4. The van der Waals surface area contributed by atoms with Gasteiger partial charge in [0.1, 0.15) is 6.10 Å². The zero-order chi connectivity index (χ0) is 38.0. The number of ether oxygens (including phenoxy) is 6. The summed E-state index contributed by atoms with van der Waals surface area (Å²) in [6, 6.07) is 12.7. The number of rotatable bonds is 18. The minimum absolute atomic E-state index is 0.0269. The second-order valence-corrected chi connectivity index (χ2v) is 16.0. The first-order valence-corrected chi connectivity index (χ1v) is 19.2. The highest BCUT2D eigenvalue weighted by atomic mass is 32.2. The van der Waals surface area contributed by atoms with Crippen LogP contribution in [0, 0.1) is 11.3 Å². The van der Waals surface area contributed by atoms with Crippen LogP contribution in [0.5, 0.6) is 11.5 Å². The Bertz CT molecular complexity index is 1660. The maximum absolute atomic E-state index is 14.4. The molecule has 3 heterocycles. The van der Waals surface area contributed by atoms with E-state index in [-0.39, 0.29) is 56.2 Å². The third kappa shape index (κ3) is 11.2. The number of fused-ring (bicyclic) bond motifs is 2. The van der Waals surface area contributed by atoms with Gasteiger partial charge in [0.05, 0.1) is 49.8 Å². The zero-order valence-corrected chi connectivity index (χ0v) is 31.1. The molecule has 0 bridgehead atoms. The molecule has 0 saturated carbocycles. The third-order valence-electron chi connectivity index (χ3n) is 9.47. The van der Waals surface area contributed by atoms with Crippen molar-refractivity contribution in [2.24, 2.45) is 11.3 Å². The molecule has 5 rings (SSSR count). The predicted octanol–water partition coefficient (Wildman–Crippen LogP) is 2.53. The molecular formula is C36H50N4O12S. The number of alkyl carbamates (subject to hydrolysis) is 2. The smallest absolute Gasteiger partial charge is 0.407 e.